The van der Waals surface area contributed by atoms with Gasteiger partial charge in [-0.25, -0.2) is 0 Å². The summed E-state index contributed by atoms with van der Waals surface area (Å²) in [7, 11) is 4.11. The number of rotatable bonds is 6. The van der Waals surface area contributed by atoms with Crippen molar-refractivity contribution < 1.29 is 0 Å². The van der Waals surface area contributed by atoms with Gasteiger partial charge in [0.25, 0.3) is 0 Å². The van der Waals surface area contributed by atoms with Crippen molar-refractivity contribution in [2.45, 2.75) is 44.2 Å². The number of nitrogens with zero attached hydrogens (tertiary/aromatic N) is 3. The summed E-state index contributed by atoms with van der Waals surface area (Å²) >= 11 is 6.28. The van der Waals surface area contributed by atoms with E-state index in [0.29, 0.717) is 12.0 Å². The van der Waals surface area contributed by atoms with Gasteiger partial charge in [-0.3, -0.25) is 9.89 Å². The number of piperidine rings is 1. The molecular weight excluding hydrogens is 509 g/mol. The van der Waals surface area contributed by atoms with Gasteiger partial charge < -0.3 is 15.5 Å². The minimum Gasteiger partial charge on any atom is -0.356 e. The number of guanidine groups is 1. The Balaban J connectivity index is 0.00000256. The molecule has 1 aromatic carbocycles. The molecule has 0 radical (unpaired) electrons. The first-order valence-corrected chi connectivity index (χ1v) is 11.7. The van der Waals surface area contributed by atoms with Crippen molar-refractivity contribution in [3.8, 4) is 0 Å². The maximum Gasteiger partial charge on any atom is 0.190 e. The Morgan fingerprint density at radius 1 is 1.13 bits per heavy atom. The molecule has 1 aliphatic carbocycles. The molecule has 1 aromatic rings. The summed E-state index contributed by atoms with van der Waals surface area (Å²) in [5.41, 5.74) is 1.32. The fraction of sp³-hybridized carbons (Fsp3) is 0.696. The van der Waals surface area contributed by atoms with Crippen LogP contribution in [0.2, 0.25) is 5.02 Å². The van der Waals surface area contributed by atoms with Crippen molar-refractivity contribution in [3.63, 3.8) is 0 Å². The summed E-state index contributed by atoms with van der Waals surface area (Å²) < 4.78 is 0. The first kappa shape index (κ1) is 24.1. The maximum atomic E-state index is 6.28. The average Bonchev–Trinajstić information content (AvgIpc) is 3.46. The molecule has 1 saturated carbocycles. The Morgan fingerprint density at radius 2 is 1.93 bits per heavy atom. The summed E-state index contributed by atoms with van der Waals surface area (Å²) in [6.07, 6.45) is 6.60. The van der Waals surface area contributed by atoms with Gasteiger partial charge in [0.05, 0.1) is 0 Å². The molecule has 3 fully saturated rings. The van der Waals surface area contributed by atoms with Crippen LogP contribution < -0.4 is 10.6 Å². The Hall–Kier alpha value is -0.570. The highest BCUT2D eigenvalue weighted by atomic mass is 127. The number of likely N-dealkylation sites (tertiary alicyclic amines) is 2. The van der Waals surface area contributed by atoms with E-state index in [-0.39, 0.29) is 24.0 Å². The number of nitrogens with one attached hydrogen (secondary N) is 2. The van der Waals surface area contributed by atoms with Crippen LogP contribution in [0, 0.1) is 11.8 Å². The van der Waals surface area contributed by atoms with E-state index in [1.165, 1.54) is 50.8 Å². The maximum absolute atomic E-state index is 6.28. The fourth-order valence-corrected chi connectivity index (χ4v) is 5.38. The summed E-state index contributed by atoms with van der Waals surface area (Å²) in [6.45, 7) is 5.61. The molecule has 3 atom stereocenters. The quantitative estimate of drug-likeness (QED) is 0.322. The van der Waals surface area contributed by atoms with E-state index < -0.39 is 0 Å². The lowest BCUT2D eigenvalue weighted by molar-refractivity contribution is 0.122. The van der Waals surface area contributed by atoms with Crippen molar-refractivity contribution in [2.75, 3.05) is 46.8 Å². The van der Waals surface area contributed by atoms with E-state index in [2.05, 4.69) is 50.7 Å². The number of aliphatic imine (C=N–C) groups is 1. The second kappa shape index (κ2) is 11.3. The van der Waals surface area contributed by atoms with Crippen LogP contribution in [0.4, 0.5) is 0 Å². The zero-order chi connectivity index (χ0) is 20.2. The van der Waals surface area contributed by atoms with Crippen molar-refractivity contribution >= 4 is 41.5 Å². The van der Waals surface area contributed by atoms with Gasteiger partial charge >= 0.3 is 0 Å². The average molecular weight is 546 g/mol. The third-order valence-electron chi connectivity index (χ3n) is 6.89. The Bertz CT molecular complexity index is 711. The van der Waals surface area contributed by atoms with Crippen LogP contribution in [-0.2, 0) is 0 Å². The largest absolute Gasteiger partial charge is 0.356 e. The lowest BCUT2D eigenvalue weighted by Gasteiger charge is -2.40. The normalized spacial score (nSPS) is 28.2. The Labute approximate surface area is 204 Å². The molecule has 2 N–H and O–H groups in total. The molecule has 30 heavy (non-hydrogen) atoms. The summed E-state index contributed by atoms with van der Waals surface area (Å²) in [4.78, 5) is 9.63. The van der Waals surface area contributed by atoms with E-state index in [1.807, 2.05) is 13.1 Å². The van der Waals surface area contributed by atoms with Crippen LogP contribution in [-0.4, -0.2) is 68.6 Å². The first-order chi connectivity index (χ1) is 14.1. The van der Waals surface area contributed by atoms with E-state index in [4.69, 9.17) is 11.6 Å². The number of hydrogen-bond donors (Lipinski definition) is 2. The van der Waals surface area contributed by atoms with Crippen LogP contribution in [0.15, 0.2) is 29.3 Å². The second-order valence-electron chi connectivity index (χ2n) is 9.10. The van der Waals surface area contributed by atoms with Gasteiger partial charge in [0.15, 0.2) is 5.96 Å². The lowest BCUT2D eigenvalue weighted by Crippen LogP contribution is -2.46. The molecule has 4 rings (SSSR count). The number of hydrogen-bond acceptors (Lipinski definition) is 3. The van der Waals surface area contributed by atoms with Gasteiger partial charge in [0.1, 0.15) is 0 Å². The van der Waals surface area contributed by atoms with Gasteiger partial charge in [0.2, 0.25) is 0 Å². The molecule has 7 heteroatoms. The highest BCUT2D eigenvalue weighted by Gasteiger charge is 2.34. The zero-order valence-electron chi connectivity index (χ0n) is 18.3. The number of halogens is 2. The molecule has 0 amide bonds. The highest BCUT2D eigenvalue weighted by Crippen LogP contribution is 2.35. The molecule has 168 valence electrons. The first-order valence-electron chi connectivity index (χ1n) is 11.3. The van der Waals surface area contributed by atoms with E-state index >= 15 is 0 Å². The molecule has 3 aliphatic rings. The predicted octanol–water partition coefficient (Wildman–Crippen LogP) is 3.99. The minimum absolute atomic E-state index is 0. The van der Waals surface area contributed by atoms with Crippen molar-refractivity contribution in [1.82, 2.24) is 20.4 Å². The van der Waals surface area contributed by atoms with Crippen LogP contribution >= 0.6 is 35.6 Å². The summed E-state index contributed by atoms with van der Waals surface area (Å²) in [5.74, 6) is 2.23. The van der Waals surface area contributed by atoms with Crippen molar-refractivity contribution in [1.29, 1.82) is 0 Å². The molecule has 0 spiro atoms. The molecule has 2 saturated heterocycles. The third kappa shape index (κ3) is 6.24. The van der Waals surface area contributed by atoms with Gasteiger partial charge in [-0.1, -0.05) is 23.7 Å². The van der Waals surface area contributed by atoms with Crippen molar-refractivity contribution in [3.05, 3.63) is 34.9 Å². The van der Waals surface area contributed by atoms with Crippen LogP contribution in [0.5, 0.6) is 0 Å². The lowest BCUT2D eigenvalue weighted by atomic mass is 9.85. The molecule has 0 aromatic heterocycles. The van der Waals surface area contributed by atoms with Crippen molar-refractivity contribution in [2.24, 2.45) is 16.8 Å². The molecule has 0 bridgehead atoms. The monoisotopic (exact) mass is 545 g/mol. The summed E-state index contributed by atoms with van der Waals surface area (Å²) in [6, 6.07) is 9.65. The van der Waals surface area contributed by atoms with Crippen LogP contribution in [0.25, 0.3) is 0 Å². The van der Waals surface area contributed by atoms with Crippen LogP contribution in [0.3, 0.4) is 0 Å². The Morgan fingerprint density at radius 3 is 2.67 bits per heavy atom. The molecule has 2 heterocycles. The second-order valence-corrected chi connectivity index (χ2v) is 9.53. The fourth-order valence-electron chi connectivity index (χ4n) is 5.18. The third-order valence-corrected chi connectivity index (χ3v) is 7.13. The SMILES string of the molecule is CN=C(NCC1CCN(C2CC2)C1)NCC1CCCN(C)C1c1cccc(Cl)c1.I. The molecule has 3 unspecified atom stereocenters. The van der Waals surface area contributed by atoms with E-state index in [0.717, 1.165) is 42.6 Å². The van der Waals surface area contributed by atoms with Gasteiger partial charge in [-0.15, -0.1) is 24.0 Å². The topological polar surface area (TPSA) is 42.9 Å². The van der Waals surface area contributed by atoms with Gasteiger partial charge in [-0.2, -0.15) is 0 Å². The molecular formula is C23H37ClIN5. The van der Waals surface area contributed by atoms with Gasteiger partial charge in [-0.05, 0) is 81.8 Å². The minimum atomic E-state index is 0. The van der Waals surface area contributed by atoms with Gasteiger partial charge in [0, 0.05) is 43.8 Å². The highest BCUT2D eigenvalue weighted by molar-refractivity contribution is 14.0. The van der Waals surface area contributed by atoms with E-state index in [1.54, 1.807) is 0 Å². The van der Waals surface area contributed by atoms with E-state index in [9.17, 15) is 0 Å². The summed E-state index contributed by atoms with van der Waals surface area (Å²) in [5, 5.41) is 8.01. The zero-order valence-corrected chi connectivity index (χ0v) is 21.4. The predicted molar refractivity (Wildman–Crippen MR) is 137 cm³/mol. The smallest absolute Gasteiger partial charge is 0.190 e. The molecule has 5 nitrogen and oxygen atoms in total. The number of benzene rings is 1. The standard InChI is InChI=1S/C23H36ClN5.HI/c1-25-23(26-14-17-10-12-29(16-17)21-8-9-21)27-15-19-6-4-11-28(2)22(19)18-5-3-7-20(24)13-18;/h3,5,7,13,17,19,21-22H,4,6,8-12,14-16H2,1-2H3,(H2,25,26,27);1H. The van der Waals surface area contributed by atoms with Crippen LogP contribution in [0.1, 0.15) is 43.7 Å². The Kier molecular flexibility index (Phi) is 9.10. The molecule has 2 aliphatic heterocycles.